The maximum atomic E-state index is 13.1. The summed E-state index contributed by atoms with van der Waals surface area (Å²) in [5.41, 5.74) is 2.24. The van der Waals surface area contributed by atoms with E-state index in [1.807, 2.05) is 32.0 Å². The number of hydrogen-bond donors (Lipinski definition) is 0. The fraction of sp³-hybridized carbons (Fsp3) is 0.458. The molecule has 0 atom stereocenters. The van der Waals surface area contributed by atoms with Crippen LogP contribution < -0.4 is 4.74 Å². The van der Waals surface area contributed by atoms with E-state index in [1.165, 1.54) is 16.4 Å². The highest BCUT2D eigenvalue weighted by Crippen LogP contribution is 2.20. The summed E-state index contributed by atoms with van der Waals surface area (Å²) in [4.78, 5) is 14.4. The lowest BCUT2D eigenvalue weighted by Crippen LogP contribution is -2.37. The topological polar surface area (TPSA) is 66.9 Å². The Labute approximate surface area is 190 Å². The molecule has 3 rings (SSSR count). The van der Waals surface area contributed by atoms with Gasteiger partial charge in [-0.3, -0.25) is 4.79 Å². The van der Waals surface area contributed by atoms with Crippen molar-refractivity contribution in [3.8, 4) is 5.75 Å². The molecule has 0 unspecified atom stereocenters. The van der Waals surface area contributed by atoms with E-state index in [-0.39, 0.29) is 17.3 Å². The SMILES string of the molecule is Cc1ccc(C)c(OCCCCC(=O)N2CCCN(S(=O)(=O)c3ccc(F)cc3)CC2)c1. The van der Waals surface area contributed by atoms with Gasteiger partial charge < -0.3 is 9.64 Å². The third-order valence-corrected chi connectivity index (χ3v) is 7.56. The number of unbranched alkanes of at least 4 members (excludes halogenated alkanes) is 1. The van der Waals surface area contributed by atoms with E-state index in [4.69, 9.17) is 4.74 Å². The first kappa shape index (κ1) is 24.2. The summed E-state index contributed by atoms with van der Waals surface area (Å²) in [7, 11) is -3.70. The van der Waals surface area contributed by atoms with E-state index < -0.39 is 15.8 Å². The highest BCUT2D eigenvalue weighted by atomic mass is 32.2. The lowest BCUT2D eigenvalue weighted by molar-refractivity contribution is -0.131. The molecule has 1 saturated heterocycles. The van der Waals surface area contributed by atoms with Crippen molar-refractivity contribution in [1.82, 2.24) is 9.21 Å². The van der Waals surface area contributed by atoms with Crippen LogP contribution in [-0.4, -0.2) is 56.3 Å². The number of rotatable bonds is 8. The Morgan fingerprint density at radius 1 is 1.00 bits per heavy atom. The van der Waals surface area contributed by atoms with Gasteiger partial charge in [0, 0.05) is 32.6 Å². The molecule has 0 N–H and O–H groups in total. The van der Waals surface area contributed by atoms with Gasteiger partial charge in [-0.2, -0.15) is 4.31 Å². The highest BCUT2D eigenvalue weighted by Gasteiger charge is 2.28. The summed E-state index contributed by atoms with van der Waals surface area (Å²) in [6.45, 7) is 6.07. The van der Waals surface area contributed by atoms with E-state index in [1.54, 1.807) is 4.90 Å². The molecule has 2 aromatic carbocycles. The first-order valence-corrected chi connectivity index (χ1v) is 12.4. The van der Waals surface area contributed by atoms with E-state index >= 15 is 0 Å². The maximum Gasteiger partial charge on any atom is 0.243 e. The Balaban J connectivity index is 1.44. The molecule has 1 heterocycles. The Bertz CT molecular complexity index is 1020. The lowest BCUT2D eigenvalue weighted by atomic mass is 10.1. The van der Waals surface area contributed by atoms with E-state index in [9.17, 15) is 17.6 Å². The average molecular weight is 463 g/mol. The van der Waals surface area contributed by atoms with Crippen molar-refractivity contribution in [2.24, 2.45) is 0 Å². The molecule has 1 fully saturated rings. The summed E-state index contributed by atoms with van der Waals surface area (Å²) >= 11 is 0. The van der Waals surface area contributed by atoms with E-state index in [0.717, 1.165) is 41.9 Å². The van der Waals surface area contributed by atoms with Gasteiger partial charge in [-0.15, -0.1) is 0 Å². The Morgan fingerprint density at radius 2 is 1.75 bits per heavy atom. The molecule has 0 spiro atoms. The second-order valence-electron chi connectivity index (χ2n) is 8.17. The van der Waals surface area contributed by atoms with Gasteiger partial charge in [0.2, 0.25) is 15.9 Å². The zero-order valence-corrected chi connectivity index (χ0v) is 19.5. The molecule has 2 aromatic rings. The number of sulfonamides is 1. The summed E-state index contributed by atoms with van der Waals surface area (Å²) in [5.74, 6) is 0.445. The van der Waals surface area contributed by atoms with Crippen molar-refractivity contribution in [3.05, 3.63) is 59.4 Å². The van der Waals surface area contributed by atoms with Crippen LogP contribution in [0.5, 0.6) is 5.75 Å². The minimum atomic E-state index is -3.70. The van der Waals surface area contributed by atoms with Crippen LogP contribution in [0.3, 0.4) is 0 Å². The number of aryl methyl sites for hydroxylation is 2. The summed E-state index contributed by atoms with van der Waals surface area (Å²) in [5, 5.41) is 0. The van der Waals surface area contributed by atoms with Crippen molar-refractivity contribution in [2.75, 3.05) is 32.8 Å². The van der Waals surface area contributed by atoms with Crippen molar-refractivity contribution in [2.45, 2.75) is 44.4 Å². The summed E-state index contributed by atoms with van der Waals surface area (Å²) in [6.07, 6.45) is 2.48. The Morgan fingerprint density at radius 3 is 2.50 bits per heavy atom. The molecule has 0 bridgehead atoms. The predicted molar refractivity (Wildman–Crippen MR) is 122 cm³/mol. The number of carbonyl (C=O) groups is 1. The van der Waals surface area contributed by atoms with Gasteiger partial charge >= 0.3 is 0 Å². The van der Waals surface area contributed by atoms with Gasteiger partial charge in [0.25, 0.3) is 0 Å². The first-order chi connectivity index (χ1) is 15.3. The molecule has 1 amide bonds. The third-order valence-electron chi connectivity index (χ3n) is 5.65. The number of amides is 1. The third kappa shape index (κ3) is 6.29. The maximum absolute atomic E-state index is 13.1. The molecule has 0 aliphatic carbocycles. The second-order valence-corrected chi connectivity index (χ2v) is 10.1. The molecule has 8 heteroatoms. The number of benzene rings is 2. The smallest absolute Gasteiger partial charge is 0.243 e. The van der Waals surface area contributed by atoms with E-state index in [2.05, 4.69) is 0 Å². The number of hydrogen-bond acceptors (Lipinski definition) is 4. The van der Waals surface area contributed by atoms with Crippen molar-refractivity contribution in [1.29, 1.82) is 0 Å². The van der Waals surface area contributed by atoms with Crippen LogP contribution in [0.1, 0.15) is 36.8 Å². The number of carbonyl (C=O) groups excluding carboxylic acids is 1. The van der Waals surface area contributed by atoms with Crippen molar-refractivity contribution in [3.63, 3.8) is 0 Å². The van der Waals surface area contributed by atoms with Crippen LogP contribution in [0.15, 0.2) is 47.4 Å². The summed E-state index contributed by atoms with van der Waals surface area (Å²) in [6, 6.07) is 10.9. The summed E-state index contributed by atoms with van der Waals surface area (Å²) < 4.78 is 46.0. The van der Waals surface area contributed by atoms with Gasteiger partial charge in [0.05, 0.1) is 11.5 Å². The standard InChI is InChI=1S/C24H31FN2O4S/c1-19-7-8-20(2)23(18-19)31-17-4-3-6-24(28)26-13-5-14-27(16-15-26)32(29,30)22-11-9-21(25)10-12-22/h7-12,18H,3-6,13-17H2,1-2H3. The molecule has 0 saturated carbocycles. The molecular weight excluding hydrogens is 431 g/mol. The molecule has 174 valence electrons. The molecule has 6 nitrogen and oxygen atoms in total. The quantitative estimate of drug-likeness (QED) is 0.558. The number of ether oxygens (including phenoxy) is 1. The minimum absolute atomic E-state index is 0.0396. The zero-order valence-electron chi connectivity index (χ0n) is 18.7. The van der Waals surface area contributed by atoms with Crippen LogP contribution in [0, 0.1) is 19.7 Å². The fourth-order valence-electron chi connectivity index (χ4n) is 3.72. The molecule has 32 heavy (non-hydrogen) atoms. The normalized spacial score (nSPS) is 15.4. The van der Waals surface area contributed by atoms with Gasteiger partial charge in [-0.25, -0.2) is 12.8 Å². The fourth-order valence-corrected chi connectivity index (χ4v) is 5.19. The Hall–Kier alpha value is -2.45. The monoisotopic (exact) mass is 462 g/mol. The van der Waals surface area contributed by atoms with Crippen molar-refractivity contribution < 1.29 is 22.3 Å². The van der Waals surface area contributed by atoms with E-state index in [0.29, 0.717) is 39.1 Å². The van der Waals surface area contributed by atoms with Crippen LogP contribution in [0.25, 0.3) is 0 Å². The predicted octanol–water partition coefficient (Wildman–Crippen LogP) is 3.91. The van der Waals surface area contributed by atoms with Crippen LogP contribution in [-0.2, 0) is 14.8 Å². The highest BCUT2D eigenvalue weighted by molar-refractivity contribution is 7.89. The van der Waals surface area contributed by atoms with Crippen molar-refractivity contribution >= 4 is 15.9 Å². The lowest BCUT2D eigenvalue weighted by Gasteiger charge is -2.22. The Kier molecular flexibility index (Phi) is 8.26. The van der Waals surface area contributed by atoms with Gasteiger partial charge in [-0.1, -0.05) is 12.1 Å². The second kappa shape index (κ2) is 10.9. The number of halogens is 1. The molecule has 1 aliphatic heterocycles. The zero-order chi connectivity index (χ0) is 23.1. The average Bonchev–Trinajstić information content (AvgIpc) is 3.03. The first-order valence-electron chi connectivity index (χ1n) is 11.0. The molecule has 1 aliphatic rings. The molecule has 0 radical (unpaired) electrons. The van der Waals surface area contributed by atoms with Crippen LogP contribution in [0.4, 0.5) is 4.39 Å². The van der Waals surface area contributed by atoms with Crippen LogP contribution >= 0.6 is 0 Å². The molecular formula is C24H31FN2O4S. The molecule has 0 aromatic heterocycles. The largest absolute Gasteiger partial charge is 0.493 e. The van der Waals surface area contributed by atoms with Gasteiger partial charge in [0.1, 0.15) is 11.6 Å². The minimum Gasteiger partial charge on any atom is -0.493 e. The number of nitrogens with zero attached hydrogens (tertiary/aromatic N) is 2. The van der Waals surface area contributed by atoms with Gasteiger partial charge in [-0.05, 0) is 74.6 Å². The van der Waals surface area contributed by atoms with Gasteiger partial charge in [0.15, 0.2) is 0 Å². The van der Waals surface area contributed by atoms with Crippen LogP contribution in [0.2, 0.25) is 0 Å².